The lowest BCUT2D eigenvalue weighted by Gasteiger charge is -2.19. The van der Waals surface area contributed by atoms with E-state index in [1.54, 1.807) is 0 Å². The van der Waals surface area contributed by atoms with Crippen molar-refractivity contribution in [1.29, 1.82) is 0 Å². The van der Waals surface area contributed by atoms with Crippen LogP contribution in [0.2, 0.25) is 10.0 Å². The van der Waals surface area contributed by atoms with Crippen molar-refractivity contribution in [1.82, 2.24) is 0 Å². The van der Waals surface area contributed by atoms with Gasteiger partial charge in [0.05, 0.1) is 10.7 Å². The van der Waals surface area contributed by atoms with Gasteiger partial charge in [0.15, 0.2) is 0 Å². The average Bonchev–Trinajstić information content (AvgIpc) is 2.38. The smallest absolute Gasteiger partial charge is 0.0640 e. The quantitative estimate of drug-likeness (QED) is 0.572. The fraction of sp³-hybridized carbons (Fsp3) is 0.412. The molecule has 0 atom stereocenters. The Morgan fingerprint density at radius 3 is 2.50 bits per heavy atom. The first-order valence-electron chi connectivity index (χ1n) is 6.85. The van der Waals surface area contributed by atoms with Crippen LogP contribution in [0.25, 0.3) is 0 Å². The van der Waals surface area contributed by atoms with Crippen LogP contribution in [0.5, 0.6) is 0 Å². The molecule has 0 bridgehead atoms. The molecule has 20 heavy (non-hydrogen) atoms. The van der Waals surface area contributed by atoms with Crippen molar-refractivity contribution >= 4 is 28.9 Å². The normalized spacial score (nSPS) is 11.4. The minimum Gasteiger partial charge on any atom is -0.370 e. The van der Waals surface area contributed by atoms with Crippen molar-refractivity contribution < 1.29 is 0 Å². The molecule has 0 spiro atoms. The second kappa shape index (κ2) is 8.39. The lowest BCUT2D eigenvalue weighted by Crippen LogP contribution is -2.17. The predicted octanol–water partition coefficient (Wildman–Crippen LogP) is 6.12. The van der Waals surface area contributed by atoms with Crippen LogP contribution in [-0.2, 0) is 0 Å². The van der Waals surface area contributed by atoms with E-state index in [2.05, 4.69) is 37.8 Å². The van der Waals surface area contributed by atoms with Crippen LogP contribution < -0.4 is 4.90 Å². The summed E-state index contributed by atoms with van der Waals surface area (Å²) in [5, 5.41) is 1.44. The summed E-state index contributed by atoms with van der Waals surface area (Å²) in [6.07, 6.45) is 6.72. The number of halogens is 2. The summed E-state index contributed by atoms with van der Waals surface area (Å²) in [4.78, 5) is 2.11. The number of rotatable bonds is 6. The monoisotopic (exact) mass is 311 g/mol. The first kappa shape index (κ1) is 17.1. The molecule has 0 saturated heterocycles. The zero-order chi connectivity index (χ0) is 15.1. The Bertz CT molecular complexity index is 500. The van der Waals surface area contributed by atoms with Crippen LogP contribution in [-0.4, -0.2) is 13.6 Å². The number of hydrogen-bond acceptors (Lipinski definition) is 1. The van der Waals surface area contributed by atoms with Gasteiger partial charge < -0.3 is 4.90 Å². The summed E-state index contributed by atoms with van der Waals surface area (Å²) < 4.78 is 0. The van der Waals surface area contributed by atoms with E-state index in [-0.39, 0.29) is 0 Å². The third-order valence-electron chi connectivity index (χ3n) is 3.12. The molecule has 0 fully saturated rings. The van der Waals surface area contributed by atoms with Crippen molar-refractivity contribution in [2.45, 2.75) is 33.6 Å². The maximum atomic E-state index is 6.20. The number of hydrogen-bond donors (Lipinski definition) is 0. The highest BCUT2D eigenvalue weighted by molar-refractivity contribution is 6.35. The third kappa shape index (κ3) is 6.02. The Labute approximate surface area is 132 Å². The summed E-state index contributed by atoms with van der Waals surface area (Å²) >= 11 is 12.2. The molecule has 0 aliphatic carbocycles. The van der Waals surface area contributed by atoms with Gasteiger partial charge in [-0.3, -0.25) is 0 Å². The molecule has 0 amide bonds. The van der Waals surface area contributed by atoms with Crippen LogP contribution >= 0.6 is 23.2 Å². The highest BCUT2D eigenvalue weighted by Gasteiger charge is 2.05. The molecule has 0 aliphatic heterocycles. The van der Waals surface area contributed by atoms with Crippen LogP contribution in [0, 0.1) is 0 Å². The Morgan fingerprint density at radius 2 is 1.85 bits per heavy atom. The summed E-state index contributed by atoms with van der Waals surface area (Å²) in [5.74, 6) is 0. The number of likely N-dealkylation sites (N-methyl/N-ethyl adjacent to an activating group) is 1. The van der Waals surface area contributed by atoms with E-state index in [4.69, 9.17) is 23.2 Å². The largest absolute Gasteiger partial charge is 0.370 e. The maximum Gasteiger partial charge on any atom is 0.0640 e. The van der Waals surface area contributed by atoms with Crippen molar-refractivity contribution in [3.8, 4) is 0 Å². The molecule has 0 aromatic heterocycles. The van der Waals surface area contributed by atoms with E-state index in [0.717, 1.165) is 30.1 Å². The molecular formula is C17H23Cl2N. The molecule has 0 unspecified atom stereocenters. The molecular weight excluding hydrogens is 289 g/mol. The summed E-state index contributed by atoms with van der Waals surface area (Å²) in [6, 6.07) is 5.54. The average molecular weight is 312 g/mol. The lowest BCUT2D eigenvalue weighted by molar-refractivity contribution is 0.941. The minimum atomic E-state index is 0.709. The van der Waals surface area contributed by atoms with Gasteiger partial charge in [-0.15, -0.1) is 0 Å². The van der Waals surface area contributed by atoms with Gasteiger partial charge in [0, 0.05) is 18.6 Å². The minimum absolute atomic E-state index is 0.709. The van der Waals surface area contributed by atoms with Gasteiger partial charge in [0.25, 0.3) is 0 Å². The van der Waals surface area contributed by atoms with E-state index in [9.17, 15) is 0 Å². The fourth-order valence-corrected chi connectivity index (χ4v) is 2.29. The van der Waals surface area contributed by atoms with Gasteiger partial charge in [-0.05, 0) is 51.8 Å². The Balaban J connectivity index is 2.59. The van der Waals surface area contributed by atoms with E-state index in [1.165, 1.54) is 11.1 Å². The molecule has 110 valence electrons. The molecule has 1 aromatic rings. The van der Waals surface area contributed by atoms with E-state index in [1.807, 2.05) is 25.2 Å². The zero-order valence-electron chi connectivity index (χ0n) is 12.7. The predicted molar refractivity (Wildman–Crippen MR) is 92.2 cm³/mol. The van der Waals surface area contributed by atoms with Crippen molar-refractivity contribution in [2.24, 2.45) is 0 Å². The number of nitrogens with zero attached hydrogens (tertiary/aromatic N) is 1. The lowest BCUT2D eigenvalue weighted by atomic mass is 10.1. The topological polar surface area (TPSA) is 3.24 Å². The molecule has 1 rings (SSSR count). The Morgan fingerprint density at radius 1 is 1.15 bits per heavy atom. The molecule has 0 N–H and O–H groups in total. The number of anilines is 1. The first-order chi connectivity index (χ1) is 9.40. The first-order valence-corrected chi connectivity index (χ1v) is 7.61. The van der Waals surface area contributed by atoms with E-state index in [0.29, 0.717) is 5.02 Å². The van der Waals surface area contributed by atoms with Gasteiger partial charge in [0.2, 0.25) is 0 Å². The maximum absolute atomic E-state index is 6.20. The number of allylic oxidation sites excluding steroid dienone is 3. The van der Waals surface area contributed by atoms with Crippen LogP contribution in [0.1, 0.15) is 33.6 Å². The second-order valence-electron chi connectivity index (χ2n) is 5.35. The third-order valence-corrected chi connectivity index (χ3v) is 3.68. The standard InChI is InChI=1S/C17H23Cl2N/c1-13(2)6-5-7-14(3)10-11-20(4)17-12-15(18)8-9-16(17)19/h6,8-10,12H,5,7,11H2,1-4H3. The summed E-state index contributed by atoms with van der Waals surface area (Å²) in [5.41, 5.74) is 3.74. The van der Waals surface area contributed by atoms with Gasteiger partial charge >= 0.3 is 0 Å². The fourth-order valence-electron chi connectivity index (χ4n) is 1.86. The molecule has 3 heteroatoms. The number of benzene rings is 1. The SMILES string of the molecule is CC(C)=CCCC(C)=CCN(C)c1cc(Cl)ccc1Cl. The highest BCUT2D eigenvalue weighted by atomic mass is 35.5. The second-order valence-corrected chi connectivity index (χ2v) is 6.19. The van der Waals surface area contributed by atoms with Crippen molar-refractivity contribution in [3.05, 3.63) is 51.5 Å². The molecule has 1 nitrogen and oxygen atoms in total. The van der Waals surface area contributed by atoms with Crippen molar-refractivity contribution in [3.63, 3.8) is 0 Å². The summed E-state index contributed by atoms with van der Waals surface area (Å²) in [7, 11) is 2.03. The van der Waals surface area contributed by atoms with Crippen LogP contribution in [0.4, 0.5) is 5.69 Å². The molecule has 1 aromatic carbocycles. The molecule has 0 radical (unpaired) electrons. The Kier molecular flexibility index (Phi) is 7.18. The summed E-state index contributed by atoms with van der Waals surface area (Å²) in [6.45, 7) is 7.27. The van der Waals surface area contributed by atoms with Crippen LogP contribution in [0.15, 0.2) is 41.5 Å². The van der Waals surface area contributed by atoms with Gasteiger partial charge in [-0.1, -0.05) is 46.5 Å². The Hall–Kier alpha value is -0.920. The van der Waals surface area contributed by atoms with E-state index < -0.39 is 0 Å². The molecule has 0 saturated carbocycles. The molecule has 0 heterocycles. The van der Waals surface area contributed by atoms with Crippen LogP contribution in [0.3, 0.4) is 0 Å². The molecule has 0 aliphatic rings. The van der Waals surface area contributed by atoms with Gasteiger partial charge in [-0.2, -0.15) is 0 Å². The van der Waals surface area contributed by atoms with Gasteiger partial charge in [-0.25, -0.2) is 0 Å². The van der Waals surface area contributed by atoms with Crippen molar-refractivity contribution in [2.75, 3.05) is 18.5 Å². The highest BCUT2D eigenvalue weighted by Crippen LogP contribution is 2.28. The van der Waals surface area contributed by atoms with Gasteiger partial charge in [0.1, 0.15) is 0 Å². The van der Waals surface area contributed by atoms with E-state index >= 15 is 0 Å². The zero-order valence-corrected chi connectivity index (χ0v) is 14.2.